The minimum absolute atomic E-state index is 0.0307. The van der Waals surface area contributed by atoms with Gasteiger partial charge in [0.1, 0.15) is 11.5 Å². The van der Waals surface area contributed by atoms with Crippen LogP contribution in [0.5, 0.6) is 5.75 Å². The van der Waals surface area contributed by atoms with Crippen LogP contribution in [0, 0.1) is 0 Å². The molecular weight excluding hydrogens is 318 g/mol. The van der Waals surface area contributed by atoms with Crippen molar-refractivity contribution in [3.8, 4) is 5.75 Å². The number of fused-ring (bicyclic) bond motifs is 2. The fourth-order valence-corrected chi connectivity index (χ4v) is 3.36. The lowest BCUT2D eigenvalue weighted by atomic mass is 9.87. The second kappa shape index (κ2) is 5.63. The summed E-state index contributed by atoms with van der Waals surface area (Å²) in [5.41, 5.74) is 2.43. The number of hydrogen-bond acceptors (Lipinski definition) is 4. The molecule has 0 aromatic heterocycles. The summed E-state index contributed by atoms with van der Waals surface area (Å²) < 4.78 is 0. The monoisotopic (exact) mass is 333 g/mol. The number of aromatic hydroxyl groups is 1. The maximum Gasteiger partial charge on any atom is 0.261 e. The summed E-state index contributed by atoms with van der Waals surface area (Å²) in [6, 6.07) is 10.9. The minimum atomic E-state index is -0.547. The summed E-state index contributed by atoms with van der Waals surface area (Å²) in [5.74, 6) is -0.741. The van der Waals surface area contributed by atoms with Crippen LogP contribution in [0.4, 0.5) is 0 Å². The molecule has 2 aromatic rings. The van der Waals surface area contributed by atoms with Gasteiger partial charge < -0.3 is 10.2 Å². The fourth-order valence-electron chi connectivity index (χ4n) is 3.36. The molecule has 2 amide bonds. The van der Waals surface area contributed by atoms with Crippen LogP contribution in [0.2, 0.25) is 0 Å². The van der Waals surface area contributed by atoms with Crippen LogP contribution in [0.1, 0.15) is 18.4 Å². The first-order valence-electron chi connectivity index (χ1n) is 7.91. The van der Waals surface area contributed by atoms with Crippen molar-refractivity contribution in [2.24, 2.45) is 0 Å². The number of hydrogen-bond donors (Lipinski definition) is 3. The second-order valence-electron chi connectivity index (χ2n) is 6.16. The Kier molecular flexibility index (Phi) is 3.42. The van der Waals surface area contributed by atoms with Gasteiger partial charge in [-0.25, -0.2) is 0 Å². The molecule has 0 spiro atoms. The summed E-state index contributed by atoms with van der Waals surface area (Å²) in [6.07, 6.45) is 3.97. The van der Waals surface area contributed by atoms with Crippen molar-refractivity contribution < 1.29 is 19.8 Å². The first-order valence-corrected chi connectivity index (χ1v) is 7.91. The van der Waals surface area contributed by atoms with Crippen molar-refractivity contribution in [3.05, 3.63) is 70.5 Å². The second-order valence-corrected chi connectivity index (χ2v) is 6.16. The Bertz CT molecular complexity index is 1030. The zero-order chi connectivity index (χ0) is 17.6. The molecule has 0 bridgehead atoms. The lowest BCUT2D eigenvalue weighted by molar-refractivity contribution is -0.129. The van der Waals surface area contributed by atoms with Gasteiger partial charge in [0.05, 0.1) is 12.0 Å². The Morgan fingerprint density at radius 3 is 2.52 bits per heavy atom. The number of piperidine rings is 1. The molecule has 1 fully saturated rings. The molecule has 5 heteroatoms. The maximum atomic E-state index is 11.9. The van der Waals surface area contributed by atoms with Gasteiger partial charge in [0.2, 0.25) is 5.91 Å². The SMILES string of the molecule is O=C1CC2=CC(=Cc3ccc(O)c4ccccc34)CC(O)=C2C(=O)N1. The number of rotatable bonds is 1. The molecule has 2 aliphatic rings. The van der Waals surface area contributed by atoms with Gasteiger partial charge in [-0.1, -0.05) is 42.5 Å². The lowest BCUT2D eigenvalue weighted by Crippen LogP contribution is -2.38. The van der Waals surface area contributed by atoms with Gasteiger partial charge in [-0.05, 0) is 28.2 Å². The Balaban J connectivity index is 1.81. The van der Waals surface area contributed by atoms with E-state index in [9.17, 15) is 19.8 Å². The van der Waals surface area contributed by atoms with E-state index in [1.165, 1.54) is 0 Å². The largest absolute Gasteiger partial charge is 0.511 e. The Hall–Kier alpha value is -3.34. The van der Waals surface area contributed by atoms with E-state index >= 15 is 0 Å². The normalized spacial score (nSPS) is 19.0. The average molecular weight is 333 g/mol. The van der Waals surface area contributed by atoms with E-state index in [0.717, 1.165) is 21.9 Å². The van der Waals surface area contributed by atoms with Crippen LogP contribution in [-0.4, -0.2) is 22.0 Å². The summed E-state index contributed by atoms with van der Waals surface area (Å²) in [4.78, 5) is 23.5. The molecule has 0 saturated carbocycles. The van der Waals surface area contributed by atoms with Gasteiger partial charge in [-0.15, -0.1) is 0 Å². The van der Waals surface area contributed by atoms with Crippen LogP contribution in [0.25, 0.3) is 16.8 Å². The Labute approximate surface area is 143 Å². The molecular formula is C20H15NO4. The summed E-state index contributed by atoms with van der Waals surface area (Å²) >= 11 is 0. The highest BCUT2D eigenvalue weighted by Gasteiger charge is 2.31. The topological polar surface area (TPSA) is 86.6 Å². The predicted octanol–water partition coefficient (Wildman–Crippen LogP) is 3.12. The number of aliphatic hydroxyl groups is 1. The van der Waals surface area contributed by atoms with Crippen molar-refractivity contribution in [3.63, 3.8) is 0 Å². The molecule has 1 saturated heterocycles. The van der Waals surface area contributed by atoms with E-state index in [1.807, 2.05) is 30.3 Å². The van der Waals surface area contributed by atoms with E-state index in [1.54, 1.807) is 18.2 Å². The van der Waals surface area contributed by atoms with Crippen molar-refractivity contribution in [1.82, 2.24) is 5.32 Å². The molecule has 2 aromatic carbocycles. The first-order chi connectivity index (χ1) is 12.0. The van der Waals surface area contributed by atoms with Crippen LogP contribution >= 0.6 is 0 Å². The zero-order valence-electron chi connectivity index (χ0n) is 13.2. The predicted molar refractivity (Wildman–Crippen MR) is 93.7 cm³/mol. The van der Waals surface area contributed by atoms with Gasteiger partial charge in [0, 0.05) is 11.8 Å². The maximum absolute atomic E-state index is 11.9. The van der Waals surface area contributed by atoms with E-state index in [0.29, 0.717) is 5.57 Å². The number of imide groups is 1. The molecule has 0 radical (unpaired) electrons. The van der Waals surface area contributed by atoms with Crippen molar-refractivity contribution >= 4 is 28.7 Å². The molecule has 1 heterocycles. The number of amides is 2. The highest BCUT2D eigenvalue weighted by atomic mass is 16.3. The molecule has 1 aliphatic carbocycles. The third-order valence-corrected chi connectivity index (χ3v) is 4.45. The number of phenolic OH excluding ortho intramolecular Hbond substituents is 1. The number of carbonyl (C=O) groups excluding carboxylic acids is 2. The smallest absolute Gasteiger partial charge is 0.261 e. The van der Waals surface area contributed by atoms with Crippen LogP contribution in [0.3, 0.4) is 0 Å². The van der Waals surface area contributed by atoms with Crippen molar-refractivity contribution in [2.75, 3.05) is 0 Å². The Morgan fingerprint density at radius 1 is 0.960 bits per heavy atom. The Morgan fingerprint density at radius 2 is 1.72 bits per heavy atom. The lowest BCUT2D eigenvalue weighted by Gasteiger charge is -2.23. The standard InChI is InChI=1S/C20H15NO4/c22-16-6-5-12(14-3-1-2-4-15(14)16)7-11-8-13-10-18(24)21-20(25)19(13)17(23)9-11/h1-8,22-23H,9-10H2,(H,21,24,25). The summed E-state index contributed by atoms with van der Waals surface area (Å²) in [7, 11) is 0. The molecule has 25 heavy (non-hydrogen) atoms. The van der Waals surface area contributed by atoms with Gasteiger partial charge >= 0.3 is 0 Å². The highest BCUT2D eigenvalue weighted by molar-refractivity contribution is 6.12. The number of carbonyl (C=O) groups is 2. The number of phenols is 1. The summed E-state index contributed by atoms with van der Waals surface area (Å²) in [6.45, 7) is 0. The number of nitrogens with one attached hydrogen (secondary N) is 1. The molecule has 124 valence electrons. The van der Waals surface area contributed by atoms with E-state index in [4.69, 9.17) is 0 Å². The molecule has 4 rings (SSSR count). The van der Waals surface area contributed by atoms with Crippen molar-refractivity contribution in [1.29, 1.82) is 0 Å². The van der Waals surface area contributed by atoms with Crippen LogP contribution < -0.4 is 5.32 Å². The average Bonchev–Trinajstić information content (AvgIpc) is 2.56. The van der Waals surface area contributed by atoms with Gasteiger partial charge in [-0.3, -0.25) is 14.9 Å². The first kappa shape index (κ1) is 15.2. The molecule has 5 nitrogen and oxygen atoms in total. The van der Waals surface area contributed by atoms with Crippen LogP contribution in [-0.2, 0) is 9.59 Å². The molecule has 3 N–H and O–H groups in total. The quantitative estimate of drug-likeness (QED) is 0.700. The highest BCUT2D eigenvalue weighted by Crippen LogP contribution is 2.34. The third kappa shape index (κ3) is 2.59. The fraction of sp³-hybridized carbons (Fsp3) is 0.100. The number of benzene rings is 2. The van der Waals surface area contributed by atoms with E-state index in [2.05, 4.69) is 5.32 Å². The van der Waals surface area contributed by atoms with Crippen molar-refractivity contribution in [2.45, 2.75) is 12.8 Å². The zero-order valence-corrected chi connectivity index (χ0v) is 13.2. The molecule has 1 aliphatic heterocycles. The van der Waals surface area contributed by atoms with Crippen LogP contribution in [0.15, 0.2) is 65.0 Å². The van der Waals surface area contributed by atoms with Gasteiger partial charge in [0.25, 0.3) is 5.91 Å². The number of aliphatic hydroxyl groups excluding tert-OH is 1. The summed E-state index contributed by atoms with van der Waals surface area (Å²) in [5, 5.41) is 24.1. The van der Waals surface area contributed by atoms with Gasteiger partial charge in [-0.2, -0.15) is 0 Å². The third-order valence-electron chi connectivity index (χ3n) is 4.45. The molecule has 0 atom stereocenters. The van der Waals surface area contributed by atoms with E-state index in [-0.39, 0.29) is 35.8 Å². The van der Waals surface area contributed by atoms with E-state index < -0.39 is 5.91 Å². The minimum Gasteiger partial charge on any atom is -0.511 e. The molecule has 0 unspecified atom stereocenters. The number of allylic oxidation sites excluding steroid dienone is 2. The van der Waals surface area contributed by atoms with Gasteiger partial charge in [0.15, 0.2) is 0 Å².